The number of thioether (sulfide) groups is 1. The first-order chi connectivity index (χ1) is 16.7. The molecule has 0 radical (unpaired) electrons. The molecule has 5 nitrogen and oxygen atoms in total. The summed E-state index contributed by atoms with van der Waals surface area (Å²) >= 11 is 1.63. The first-order valence-electron chi connectivity index (χ1n) is 12.9. The van der Waals surface area contributed by atoms with Crippen LogP contribution < -0.4 is 0 Å². The number of piperidine rings is 2. The number of hydrogen-bond acceptors (Lipinski definition) is 4. The molecule has 1 aromatic carbocycles. The number of rotatable bonds is 6. The van der Waals surface area contributed by atoms with Crippen molar-refractivity contribution in [2.45, 2.75) is 50.0 Å². The normalized spacial score (nSPS) is 23.7. The second-order valence-electron chi connectivity index (χ2n) is 9.94. The Morgan fingerprint density at radius 1 is 0.912 bits per heavy atom. The van der Waals surface area contributed by atoms with Gasteiger partial charge in [0.15, 0.2) is 0 Å². The number of benzene rings is 1. The molecule has 1 aromatic heterocycles. The highest BCUT2D eigenvalue weighted by Gasteiger charge is 2.46. The Labute approximate surface area is 207 Å². The molecule has 34 heavy (non-hydrogen) atoms. The molecule has 0 N–H and O–H groups in total. The van der Waals surface area contributed by atoms with Gasteiger partial charge < -0.3 is 9.80 Å². The van der Waals surface area contributed by atoms with Crippen LogP contribution in [0.3, 0.4) is 0 Å². The fourth-order valence-electron chi connectivity index (χ4n) is 5.91. The number of amides is 2. The van der Waals surface area contributed by atoms with Crippen LogP contribution in [0.25, 0.3) is 0 Å². The number of carbonyl (C=O) groups is 2. The second-order valence-corrected chi connectivity index (χ2v) is 11.2. The second kappa shape index (κ2) is 10.5. The van der Waals surface area contributed by atoms with E-state index in [4.69, 9.17) is 0 Å². The van der Waals surface area contributed by atoms with Crippen LogP contribution in [-0.2, 0) is 4.79 Å². The minimum atomic E-state index is 0.125. The lowest BCUT2D eigenvalue weighted by atomic mass is 9.78. The molecule has 2 unspecified atom stereocenters. The Bertz CT molecular complexity index is 998. The number of pyridine rings is 1. The van der Waals surface area contributed by atoms with Crippen molar-refractivity contribution in [3.8, 4) is 0 Å². The summed E-state index contributed by atoms with van der Waals surface area (Å²) in [7, 11) is 0. The fourth-order valence-corrected chi connectivity index (χ4v) is 6.63. The maximum atomic E-state index is 13.1. The van der Waals surface area contributed by atoms with Crippen LogP contribution in [0, 0.1) is 17.8 Å². The van der Waals surface area contributed by atoms with E-state index in [0.717, 1.165) is 74.6 Å². The molecule has 180 valence electrons. The third-order valence-electron chi connectivity index (χ3n) is 7.96. The molecule has 6 heteroatoms. The highest BCUT2D eigenvalue weighted by Crippen LogP contribution is 2.48. The predicted octanol–water partition coefficient (Wildman–Crippen LogP) is 5.09. The smallest absolute Gasteiger partial charge is 0.256 e. The lowest BCUT2D eigenvalue weighted by molar-refractivity contribution is -0.134. The van der Waals surface area contributed by atoms with E-state index in [1.165, 1.54) is 5.56 Å². The van der Waals surface area contributed by atoms with Gasteiger partial charge in [0.25, 0.3) is 5.91 Å². The lowest BCUT2D eigenvalue weighted by Crippen LogP contribution is -2.44. The van der Waals surface area contributed by atoms with Gasteiger partial charge in [-0.2, -0.15) is 0 Å². The molecule has 2 atom stereocenters. The zero-order valence-corrected chi connectivity index (χ0v) is 20.9. The summed E-state index contributed by atoms with van der Waals surface area (Å²) in [6.45, 7) is 5.54. The summed E-state index contributed by atoms with van der Waals surface area (Å²) in [6.07, 6.45) is 7.12. The summed E-state index contributed by atoms with van der Waals surface area (Å²) < 4.78 is 0. The highest BCUT2D eigenvalue weighted by molar-refractivity contribution is 7.99. The maximum absolute atomic E-state index is 13.1. The summed E-state index contributed by atoms with van der Waals surface area (Å²) in [5.41, 5.74) is 2.05. The summed E-state index contributed by atoms with van der Waals surface area (Å²) in [5.74, 6) is 3.35. The van der Waals surface area contributed by atoms with Gasteiger partial charge in [-0.3, -0.25) is 9.59 Å². The molecule has 1 aliphatic carbocycles. The predicted molar refractivity (Wildman–Crippen MR) is 136 cm³/mol. The molecule has 0 spiro atoms. The van der Waals surface area contributed by atoms with E-state index in [-0.39, 0.29) is 11.8 Å². The van der Waals surface area contributed by atoms with Gasteiger partial charge in [-0.25, -0.2) is 4.98 Å². The van der Waals surface area contributed by atoms with E-state index in [1.54, 1.807) is 18.0 Å². The average Bonchev–Trinajstić information content (AvgIpc) is 3.70. The van der Waals surface area contributed by atoms with E-state index in [1.807, 2.05) is 23.1 Å². The molecule has 3 heterocycles. The van der Waals surface area contributed by atoms with Gasteiger partial charge in [0.2, 0.25) is 5.91 Å². The van der Waals surface area contributed by atoms with Crippen molar-refractivity contribution in [1.29, 1.82) is 0 Å². The van der Waals surface area contributed by atoms with Gasteiger partial charge in [-0.15, -0.1) is 11.8 Å². The largest absolute Gasteiger partial charge is 0.342 e. The molecule has 2 aliphatic heterocycles. The van der Waals surface area contributed by atoms with E-state index in [2.05, 4.69) is 41.1 Å². The Morgan fingerprint density at radius 2 is 1.56 bits per heavy atom. The quantitative estimate of drug-likeness (QED) is 0.544. The van der Waals surface area contributed by atoms with Gasteiger partial charge >= 0.3 is 0 Å². The van der Waals surface area contributed by atoms with Crippen LogP contribution in [0.4, 0.5) is 0 Å². The monoisotopic (exact) mass is 477 g/mol. The van der Waals surface area contributed by atoms with Gasteiger partial charge in [-0.05, 0) is 73.3 Å². The van der Waals surface area contributed by atoms with Crippen LogP contribution >= 0.6 is 11.8 Å². The molecular formula is C28H35N3O2S. The minimum absolute atomic E-state index is 0.125. The Kier molecular flexibility index (Phi) is 7.23. The fraction of sp³-hybridized carbons (Fsp3) is 0.536. The van der Waals surface area contributed by atoms with Gasteiger partial charge in [0, 0.05) is 38.3 Å². The summed E-state index contributed by atoms with van der Waals surface area (Å²) in [6, 6.07) is 14.2. The van der Waals surface area contributed by atoms with Crippen molar-refractivity contribution in [3.63, 3.8) is 0 Å². The molecule has 2 aromatic rings. The Balaban J connectivity index is 1.09. The molecule has 3 fully saturated rings. The van der Waals surface area contributed by atoms with E-state index < -0.39 is 0 Å². The van der Waals surface area contributed by atoms with E-state index >= 15 is 0 Å². The van der Waals surface area contributed by atoms with Crippen molar-refractivity contribution in [3.05, 3.63) is 59.8 Å². The molecule has 3 aliphatic rings. The summed E-state index contributed by atoms with van der Waals surface area (Å²) in [5, 5.41) is 0.847. The molecule has 1 saturated carbocycles. The van der Waals surface area contributed by atoms with Crippen molar-refractivity contribution >= 4 is 23.6 Å². The molecule has 2 saturated heterocycles. The van der Waals surface area contributed by atoms with Crippen LogP contribution in [0.15, 0.2) is 53.7 Å². The zero-order valence-electron chi connectivity index (χ0n) is 20.1. The van der Waals surface area contributed by atoms with Crippen LogP contribution in [-0.4, -0.2) is 58.5 Å². The minimum Gasteiger partial charge on any atom is -0.342 e. The zero-order chi connectivity index (χ0) is 23.5. The Hall–Kier alpha value is -2.34. The lowest BCUT2D eigenvalue weighted by Gasteiger charge is -2.40. The molecule has 0 bridgehead atoms. The first kappa shape index (κ1) is 23.4. The van der Waals surface area contributed by atoms with Gasteiger partial charge in [0.1, 0.15) is 5.03 Å². The van der Waals surface area contributed by atoms with E-state index in [9.17, 15) is 9.59 Å². The van der Waals surface area contributed by atoms with Crippen molar-refractivity contribution in [2.24, 2.45) is 17.8 Å². The molecular weight excluding hydrogens is 442 g/mol. The molecule has 2 amide bonds. The first-order valence-corrected chi connectivity index (χ1v) is 13.8. The Morgan fingerprint density at radius 3 is 2.21 bits per heavy atom. The third-order valence-corrected chi connectivity index (χ3v) is 8.85. The SMILES string of the molecule is CCSc1ncccc1C(=O)N1CCC(C2CCN(C(=O)C3CC3c3ccccc3)CC2)CC1. The van der Waals surface area contributed by atoms with Crippen molar-refractivity contribution in [1.82, 2.24) is 14.8 Å². The standard InChI is InChI=1S/C28H35N3O2S/c1-2-34-26-23(9-6-14-29-26)27(32)30-15-10-20(11-16-30)21-12-17-31(18-13-21)28(33)25-19-24(25)22-7-4-3-5-8-22/h3-9,14,20-21,24-25H,2,10-13,15-19H2,1H3. The van der Waals surface area contributed by atoms with Gasteiger partial charge in [0.05, 0.1) is 5.56 Å². The highest BCUT2D eigenvalue weighted by atomic mass is 32.2. The average molecular weight is 478 g/mol. The number of likely N-dealkylation sites (tertiary alicyclic amines) is 2. The summed E-state index contributed by atoms with van der Waals surface area (Å²) in [4.78, 5) is 34.7. The third kappa shape index (κ3) is 5.02. The topological polar surface area (TPSA) is 53.5 Å². The van der Waals surface area contributed by atoms with Crippen LogP contribution in [0.2, 0.25) is 0 Å². The van der Waals surface area contributed by atoms with Crippen LogP contribution in [0.5, 0.6) is 0 Å². The van der Waals surface area contributed by atoms with Gasteiger partial charge in [-0.1, -0.05) is 37.3 Å². The number of hydrogen-bond donors (Lipinski definition) is 0. The van der Waals surface area contributed by atoms with Crippen molar-refractivity contribution in [2.75, 3.05) is 31.9 Å². The number of carbonyl (C=O) groups excluding carboxylic acids is 2. The maximum Gasteiger partial charge on any atom is 0.256 e. The molecule has 5 rings (SSSR count). The van der Waals surface area contributed by atoms with E-state index in [0.29, 0.717) is 23.7 Å². The number of aromatic nitrogens is 1. The number of nitrogens with zero attached hydrogens (tertiary/aromatic N) is 3. The van der Waals surface area contributed by atoms with Crippen LogP contribution in [0.1, 0.15) is 60.9 Å². The van der Waals surface area contributed by atoms with Crippen molar-refractivity contribution < 1.29 is 9.59 Å².